The van der Waals surface area contributed by atoms with E-state index in [9.17, 15) is 0 Å². The minimum Gasteiger partial charge on any atom is -0.375 e. The molecule has 2 heteroatoms. The van der Waals surface area contributed by atoms with Crippen molar-refractivity contribution in [3.8, 4) is 0 Å². The van der Waals surface area contributed by atoms with Crippen LogP contribution in [0.25, 0.3) is 0 Å². The Kier molecular flexibility index (Phi) is 4.66. The van der Waals surface area contributed by atoms with Crippen LogP contribution in [0.2, 0.25) is 0 Å². The predicted molar refractivity (Wildman–Crippen MR) is 87.5 cm³/mol. The summed E-state index contributed by atoms with van der Waals surface area (Å²) in [6.45, 7) is 5.39. The van der Waals surface area contributed by atoms with Crippen molar-refractivity contribution in [2.45, 2.75) is 76.5 Å². The molecule has 116 valence electrons. The summed E-state index contributed by atoms with van der Waals surface area (Å²) in [5.41, 5.74) is 2.94. The molecule has 1 aliphatic carbocycles. The highest BCUT2D eigenvalue weighted by molar-refractivity contribution is 5.24. The van der Waals surface area contributed by atoms with Gasteiger partial charge in [-0.15, -0.1) is 0 Å². The molecule has 3 rings (SSSR count). The van der Waals surface area contributed by atoms with E-state index >= 15 is 0 Å². The molecule has 0 bridgehead atoms. The summed E-state index contributed by atoms with van der Waals surface area (Å²) in [4.78, 5) is 0. The van der Waals surface area contributed by atoms with Crippen LogP contribution in [0.3, 0.4) is 0 Å². The molecule has 0 amide bonds. The summed E-state index contributed by atoms with van der Waals surface area (Å²) in [5.74, 6) is 0. The summed E-state index contributed by atoms with van der Waals surface area (Å²) in [5, 5.41) is 3.85. The van der Waals surface area contributed by atoms with Crippen LogP contribution < -0.4 is 5.32 Å². The maximum atomic E-state index is 6.20. The molecule has 1 aliphatic heterocycles. The zero-order chi connectivity index (χ0) is 14.7. The van der Waals surface area contributed by atoms with Gasteiger partial charge in [0.25, 0.3) is 0 Å². The maximum Gasteiger partial charge on any atom is 0.0697 e. The Balaban J connectivity index is 1.61. The zero-order valence-electron chi connectivity index (χ0n) is 13.5. The highest BCUT2D eigenvalue weighted by atomic mass is 16.5. The van der Waals surface area contributed by atoms with Crippen molar-refractivity contribution in [1.29, 1.82) is 0 Å². The van der Waals surface area contributed by atoms with E-state index in [2.05, 4.69) is 43.4 Å². The number of nitrogens with one attached hydrogen (secondary N) is 1. The van der Waals surface area contributed by atoms with Crippen molar-refractivity contribution < 1.29 is 4.74 Å². The molecule has 1 aromatic carbocycles. The van der Waals surface area contributed by atoms with Crippen molar-refractivity contribution in [2.75, 3.05) is 6.61 Å². The standard InChI is InChI=1S/C19H29NO/c1-15-7-6-8-17(13-15)16(2)20-18-9-12-21-19(14-18)10-4-3-5-11-19/h6-8,13,16,18,20H,3-5,9-12,14H2,1-2H3/t16-,18?/m1/s1. The molecule has 1 saturated carbocycles. The van der Waals surface area contributed by atoms with E-state index in [1.165, 1.54) is 49.7 Å². The molecule has 2 aliphatic rings. The Hall–Kier alpha value is -0.860. The van der Waals surface area contributed by atoms with E-state index in [0.717, 1.165) is 13.0 Å². The summed E-state index contributed by atoms with van der Waals surface area (Å²) >= 11 is 0. The second kappa shape index (κ2) is 6.50. The van der Waals surface area contributed by atoms with E-state index < -0.39 is 0 Å². The van der Waals surface area contributed by atoms with Crippen LogP contribution >= 0.6 is 0 Å². The van der Waals surface area contributed by atoms with Gasteiger partial charge in [-0.2, -0.15) is 0 Å². The van der Waals surface area contributed by atoms with Gasteiger partial charge >= 0.3 is 0 Å². The molecule has 1 saturated heterocycles. The molecule has 1 spiro atoms. The minimum atomic E-state index is 0.195. The Labute approximate surface area is 129 Å². The lowest BCUT2D eigenvalue weighted by Gasteiger charge is -2.44. The molecule has 2 nitrogen and oxygen atoms in total. The second-order valence-corrected chi connectivity index (χ2v) is 7.08. The molecule has 0 radical (unpaired) electrons. The van der Waals surface area contributed by atoms with Gasteiger partial charge in [0, 0.05) is 18.7 Å². The van der Waals surface area contributed by atoms with E-state index in [1.54, 1.807) is 0 Å². The van der Waals surface area contributed by atoms with Crippen LogP contribution in [0.4, 0.5) is 0 Å². The monoisotopic (exact) mass is 287 g/mol. The number of benzene rings is 1. The average Bonchev–Trinajstić information content (AvgIpc) is 2.48. The minimum absolute atomic E-state index is 0.195. The van der Waals surface area contributed by atoms with Crippen molar-refractivity contribution in [3.63, 3.8) is 0 Å². The van der Waals surface area contributed by atoms with Gasteiger partial charge in [-0.05, 0) is 45.1 Å². The fourth-order valence-corrected chi connectivity index (χ4v) is 4.10. The van der Waals surface area contributed by atoms with Crippen molar-refractivity contribution in [1.82, 2.24) is 5.32 Å². The summed E-state index contributed by atoms with van der Waals surface area (Å²) in [6, 6.07) is 9.89. The molecule has 1 heterocycles. The fourth-order valence-electron chi connectivity index (χ4n) is 4.10. The van der Waals surface area contributed by atoms with Crippen molar-refractivity contribution in [2.24, 2.45) is 0 Å². The van der Waals surface area contributed by atoms with Gasteiger partial charge in [0.15, 0.2) is 0 Å². The predicted octanol–water partition coefficient (Wildman–Crippen LogP) is 4.53. The zero-order valence-corrected chi connectivity index (χ0v) is 13.5. The number of hydrogen-bond donors (Lipinski definition) is 1. The van der Waals surface area contributed by atoms with E-state index in [0.29, 0.717) is 12.1 Å². The van der Waals surface area contributed by atoms with Crippen LogP contribution in [0.1, 0.15) is 69.0 Å². The van der Waals surface area contributed by atoms with Gasteiger partial charge in [0.2, 0.25) is 0 Å². The molecule has 2 fully saturated rings. The van der Waals surface area contributed by atoms with Crippen LogP contribution in [0, 0.1) is 6.92 Å². The van der Waals surface area contributed by atoms with Gasteiger partial charge in [-0.3, -0.25) is 0 Å². The normalized spacial score (nSPS) is 26.7. The van der Waals surface area contributed by atoms with E-state index in [1.807, 2.05) is 0 Å². The van der Waals surface area contributed by atoms with Crippen molar-refractivity contribution >= 4 is 0 Å². The SMILES string of the molecule is Cc1cccc([C@@H](C)NC2CCOC3(CCCCC3)C2)c1. The highest BCUT2D eigenvalue weighted by Gasteiger charge is 2.38. The third kappa shape index (κ3) is 3.67. The number of rotatable bonds is 3. The first-order chi connectivity index (χ1) is 10.2. The Morgan fingerprint density at radius 3 is 2.81 bits per heavy atom. The number of aryl methyl sites for hydroxylation is 1. The number of hydrogen-bond acceptors (Lipinski definition) is 2. The van der Waals surface area contributed by atoms with Gasteiger partial charge in [0.1, 0.15) is 0 Å². The topological polar surface area (TPSA) is 21.3 Å². The van der Waals surface area contributed by atoms with Gasteiger partial charge in [0.05, 0.1) is 5.60 Å². The number of ether oxygens (including phenoxy) is 1. The van der Waals surface area contributed by atoms with Crippen LogP contribution in [0.5, 0.6) is 0 Å². The van der Waals surface area contributed by atoms with Crippen LogP contribution in [0.15, 0.2) is 24.3 Å². The van der Waals surface area contributed by atoms with Gasteiger partial charge in [-0.25, -0.2) is 0 Å². The molecular formula is C19H29NO. The molecule has 1 aromatic rings. The first-order valence-corrected chi connectivity index (χ1v) is 8.63. The summed E-state index contributed by atoms with van der Waals surface area (Å²) in [6.07, 6.45) is 8.97. The lowest BCUT2D eigenvalue weighted by atomic mass is 9.78. The lowest BCUT2D eigenvalue weighted by Crippen LogP contribution is -2.48. The van der Waals surface area contributed by atoms with E-state index in [4.69, 9.17) is 4.74 Å². The van der Waals surface area contributed by atoms with Gasteiger partial charge < -0.3 is 10.1 Å². The Morgan fingerprint density at radius 2 is 2.05 bits per heavy atom. The lowest BCUT2D eigenvalue weighted by molar-refractivity contribution is -0.110. The third-order valence-corrected chi connectivity index (χ3v) is 5.29. The Morgan fingerprint density at radius 1 is 1.24 bits per heavy atom. The molecular weight excluding hydrogens is 258 g/mol. The largest absolute Gasteiger partial charge is 0.375 e. The molecule has 21 heavy (non-hydrogen) atoms. The molecule has 2 atom stereocenters. The summed E-state index contributed by atoms with van der Waals surface area (Å²) < 4.78 is 6.20. The fraction of sp³-hybridized carbons (Fsp3) is 0.684. The summed E-state index contributed by atoms with van der Waals surface area (Å²) in [7, 11) is 0. The molecule has 1 N–H and O–H groups in total. The second-order valence-electron chi connectivity index (χ2n) is 7.08. The quantitative estimate of drug-likeness (QED) is 0.882. The first kappa shape index (κ1) is 15.1. The average molecular weight is 287 g/mol. The smallest absolute Gasteiger partial charge is 0.0697 e. The van der Waals surface area contributed by atoms with E-state index in [-0.39, 0.29) is 5.60 Å². The van der Waals surface area contributed by atoms with Crippen LogP contribution in [-0.4, -0.2) is 18.2 Å². The molecule has 1 unspecified atom stereocenters. The van der Waals surface area contributed by atoms with Crippen molar-refractivity contribution in [3.05, 3.63) is 35.4 Å². The molecule has 0 aromatic heterocycles. The van der Waals surface area contributed by atoms with Gasteiger partial charge in [-0.1, -0.05) is 49.1 Å². The van der Waals surface area contributed by atoms with Crippen LogP contribution in [-0.2, 0) is 4.74 Å². The third-order valence-electron chi connectivity index (χ3n) is 5.29. The first-order valence-electron chi connectivity index (χ1n) is 8.63. The maximum absolute atomic E-state index is 6.20. The highest BCUT2D eigenvalue weighted by Crippen LogP contribution is 2.39. The Bertz CT molecular complexity index is 459.